The van der Waals surface area contributed by atoms with Gasteiger partial charge in [-0.25, -0.2) is 0 Å². The zero-order chi connectivity index (χ0) is 32.5. The SMILES string of the molecule is CC[C@H]1OC(c2cccc(Cc3cc4ccccc4s3)c2)[C@H](OCc2ccccc2)[C@@H](OCc2ccccc2)[C@@H]1OCc1ccccc1. The van der Waals surface area contributed by atoms with Gasteiger partial charge in [-0.1, -0.05) is 140 Å². The molecular weight excluding hydrogens is 613 g/mol. The molecule has 0 saturated carbocycles. The molecule has 7 rings (SSSR count). The van der Waals surface area contributed by atoms with Crippen LogP contribution in [0.3, 0.4) is 0 Å². The van der Waals surface area contributed by atoms with Crippen molar-refractivity contribution in [3.63, 3.8) is 0 Å². The van der Waals surface area contributed by atoms with Gasteiger partial charge in [-0.2, -0.15) is 0 Å². The molecule has 0 spiro atoms. The molecule has 0 radical (unpaired) electrons. The molecule has 0 N–H and O–H groups in total. The normalized spacial score (nSPS) is 21.0. The van der Waals surface area contributed by atoms with Crippen LogP contribution in [0.2, 0.25) is 0 Å². The number of rotatable bonds is 13. The Labute approximate surface area is 287 Å². The van der Waals surface area contributed by atoms with Gasteiger partial charge in [-0.15, -0.1) is 11.3 Å². The van der Waals surface area contributed by atoms with Crippen molar-refractivity contribution in [3.8, 4) is 0 Å². The van der Waals surface area contributed by atoms with Gasteiger partial charge in [-0.05, 0) is 51.8 Å². The summed E-state index contributed by atoms with van der Waals surface area (Å²) in [7, 11) is 0. The van der Waals surface area contributed by atoms with Crippen molar-refractivity contribution in [2.75, 3.05) is 0 Å². The second kappa shape index (κ2) is 15.9. The van der Waals surface area contributed by atoms with Gasteiger partial charge in [0.15, 0.2) is 0 Å². The predicted octanol–water partition coefficient (Wildman–Crippen LogP) is 10.1. The zero-order valence-corrected chi connectivity index (χ0v) is 28.1. The number of hydrogen-bond donors (Lipinski definition) is 0. The molecular formula is C43H42O4S. The maximum Gasteiger partial charge on any atom is 0.117 e. The van der Waals surface area contributed by atoms with E-state index in [1.807, 2.05) is 53.8 Å². The molecule has 244 valence electrons. The van der Waals surface area contributed by atoms with Crippen molar-refractivity contribution in [1.82, 2.24) is 0 Å². The van der Waals surface area contributed by atoms with Crippen molar-refractivity contribution < 1.29 is 18.9 Å². The van der Waals surface area contributed by atoms with E-state index < -0.39 is 6.10 Å². The van der Waals surface area contributed by atoms with Gasteiger partial charge in [0, 0.05) is 16.0 Å². The monoisotopic (exact) mass is 654 g/mol. The van der Waals surface area contributed by atoms with Crippen LogP contribution in [-0.4, -0.2) is 24.4 Å². The second-order valence-corrected chi connectivity index (χ2v) is 13.6. The highest BCUT2D eigenvalue weighted by atomic mass is 32.1. The summed E-state index contributed by atoms with van der Waals surface area (Å²) in [4.78, 5) is 1.35. The summed E-state index contributed by atoms with van der Waals surface area (Å²) in [5.74, 6) is 0. The molecule has 4 nitrogen and oxygen atoms in total. The minimum absolute atomic E-state index is 0.178. The number of hydrogen-bond acceptors (Lipinski definition) is 5. The van der Waals surface area contributed by atoms with E-state index >= 15 is 0 Å². The molecule has 1 aliphatic heterocycles. The fourth-order valence-corrected chi connectivity index (χ4v) is 7.69. The third-order valence-electron chi connectivity index (χ3n) is 9.03. The lowest BCUT2D eigenvalue weighted by molar-refractivity contribution is -0.267. The first kappa shape index (κ1) is 32.4. The van der Waals surface area contributed by atoms with Crippen molar-refractivity contribution in [2.24, 2.45) is 0 Å². The first-order valence-corrected chi connectivity index (χ1v) is 17.7. The predicted molar refractivity (Wildman–Crippen MR) is 194 cm³/mol. The lowest BCUT2D eigenvalue weighted by atomic mass is 9.88. The fourth-order valence-electron chi connectivity index (χ4n) is 6.59. The highest BCUT2D eigenvalue weighted by Gasteiger charge is 2.48. The molecule has 1 aromatic heterocycles. The maximum absolute atomic E-state index is 7.03. The molecule has 5 atom stereocenters. The van der Waals surface area contributed by atoms with Crippen LogP contribution in [0, 0.1) is 0 Å². The Morgan fingerprint density at radius 1 is 0.542 bits per heavy atom. The quantitative estimate of drug-likeness (QED) is 0.124. The fraction of sp³-hybridized carbons (Fsp3) is 0.256. The van der Waals surface area contributed by atoms with E-state index in [-0.39, 0.29) is 24.4 Å². The zero-order valence-electron chi connectivity index (χ0n) is 27.3. The number of benzene rings is 5. The van der Waals surface area contributed by atoms with Gasteiger partial charge >= 0.3 is 0 Å². The Morgan fingerprint density at radius 2 is 1.08 bits per heavy atom. The van der Waals surface area contributed by atoms with Gasteiger partial charge in [0.1, 0.15) is 24.4 Å². The van der Waals surface area contributed by atoms with Crippen LogP contribution < -0.4 is 0 Å². The Morgan fingerprint density at radius 3 is 1.69 bits per heavy atom. The van der Waals surface area contributed by atoms with Crippen LogP contribution >= 0.6 is 11.3 Å². The second-order valence-electron chi connectivity index (χ2n) is 12.5. The van der Waals surface area contributed by atoms with Crippen LogP contribution in [-0.2, 0) is 45.2 Å². The van der Waals surface area contributed by atoms with E-state index in [9.17, 15) is 0 Å². The van der Waals surface area contributed by atoms with Gasteiger partial charge in [0.25, 0.3) is 0 Å². The summed E-state index contributed by atoms with van der Waals surface area (Å²) in [6.07, 6.45) is 0.0419. The molecule has 0 aliphatic carbocycles. The van der Waals surface area contributed by atoms with Crippen molar-refractivity contribution >= 4 is 21.4 Å². The third-order valence-corrected chi connectivity index (χ3v) is 10.1. The minimum atomic E-state index is -0.405. The summed E-state index contributed by atoms with van der Waals surface area (Å²) in [5.41, 5.74) is 5.69. The minimum Gasteiger partial charge on any atom is -0.368 e. The average Bonchev–Trinajstić information content (AvgIpc) is 3.56. The summed E-state index contributed by atoms with van der Waals surface area (Å²) in [5, 5.41) is 1.30. The number of ether oxygens (including phenoxy) is 4. The average molecular weight is 655 g/mol. The molecule has 6 aromatic rings. The molecule has 1 saturated heterocycles. The summed E-state index contributed by atoms with van der Waals surface area (Å²) >= 11 is 1.86. The summed E-state index contributed by atoms with van der Waals surface area (Å²) in [6.45, 7) is 3.53. The van der Waals surface area contributed by atoms with Gasteiger partial charge < -0.3 is 18.9 Å². The maximum atomic E-state index is 7.03. The Bertz CT molecular complexity index is 1820. The number of fused-ring (bicyclic) bond motifs is 1. The van der Waals surface area contributed by atoms with Crippen LogP contribution in [0.25, 0.3) is 10.1 Å². The standard InChI is InChI=1S/C43H42O4S/c1-2-38-41(44-28-31-15-6-3-7-16-31)43(46-30-33-19-10-5-11-20-33)42(45-29-32-17-8-4-9-18-32)40(47-38)36-23-14-21-34(25-36)26-37-27-35-22-12-13-24-39(35)48-37/h3-25,27,38,40-43H,2,26,28-30H2,1H3/t38-,40?,41-,42+,43+/m1/s1. The van der Waals surface area contributed by atoms with Gasteiger partial charge in [0.05, 0.1) is 25.9 Å². The first-order chi connectivity index (χ1) is 23.7. The van der Waals surface area contributed by atoms with Gasteiger partial charge in [0.2, 0.25) is 0 Å². The van der Waals surface area contributed by atoms with Gasteiger partial charge in [-0.3, -0.25) is 0 Å². The van der Waals surface area contributed by atoms with E-state index in [0.29, 0.717) is 19.8 Å². The first-order valence-electron chi connectivity index (χ1n) is 16.9. The van der Waals surface area contributed by atoms with Crippen molar-refractivity contribution in [2.45, 2.75) is 70.1 Å². The van der Waals surface area contributed by atoms with Crippen LogP contribution in [0.5, 0.6) is 0 Å². The third kappa shape index (κ3) is 7.95. The van der Waals surface area contributed by atoms with E-state index in [1.54, 1.807) is 0 Å². The molecule has 48 heavy (non-hydrogen) atoms. The Balaban J connectivity index is 1.22. The Kier molecular flexibility index (Phi) is 10.7. The van der Waals surface area contributed by atoms with E-state index in [4.69, 9.17) is 18.9 Å². The van der Waals surface area contributed by atoms with Crippen LogP contribution in [0.4, 0.5) is 0 Å². The molecule has 0 bridgehead atoms. The van der Waals surface area contributed by atoms with Crippen molar-refractivity contribution in [1.29, 1.82) is 0 Å². The van der Waals surface area contributed by atoms with E-state index in [2.05, 4.69) is 110 Å². The molecule has 2 heterocycles. The molecule has 1 aliphatic rings. The number of thiophene rings is 1. The summed E-state index contributed by atoms with van der Waals surface area (Å²) < 4.78 is 28.9. The molecule has 1 unspecified atom stereocenters. The van der Waals surface area contributed by atoms with E-state index in [1.165, 1.54) is 20.5 Å². The van der Waals surface area contributed by atoms with Crippen molar-refractivity contribution in [3.05, 3.63) is 178 Å². The lowest BCUT2D eigenvalue weighted by Gasteiger charge is -2.46. The highest BCUT2D eigenvalue weighted by Crippen LogP contribution is 2.40. The topological polar surface area (TPSA) is 36.9 Å². The van der Waals surface area contributed by atoms with Crippen LogP contribution in [0.15, 0.2) is 146 Å². The molecule has 5 heteroatoms. The molecule has 1 fully saturated rings. The molecule has 0 amide bonds. The largest absolute Gasteiger partial charge is 0.368 e. The highest BCUT2D eigenvalue weighted by molar-refractivity contribution is 7.19. The van der Waals surface area contributed by atoms with E-state index in [0.717, 1.165) is 35.1 Å². The van der Waals surface area contributed by atoms with Crippen LogP contribution in [0.1, 0.15) is 52.1 Å². The lowest BCUT2D eigenvalue weighted by Crippen LogP contribution is -2.57. The molecule has 5 aromatic carbocycles. The Hall–Kier alpha value is -4.10. The summed E-state index contributed by atoms with van der Waals surface area (Å²) in [6, 6.07) is 50.7. The smallest absolute Gasteiger partial charge is 0.117 e.